The van der Waals surface area contributed by atoms with Gasteiger partial charge in [0, 0.05) is 25.9 Å². The Morgan fingerprint density at radius 2 is 1.88 bits per heavy atom. The molecule has 1 N–H and O–H groups in total. The predicted molar refractivity (Wildman–Crippen MR) is 116 cm³/mol. The topological polar surface area (TPSA) is 103 Å². The van der Waals surface area contributed by atoms with Crippen LogP contribution in [-0.2, 0) is 16.0 Å². The molecule has 4 heterocycles. The Balaban J connectivity index is 1.22. The van der Waals surface area contributed by atoms with Gasteiger partial charge >= 0.3 is 0 Å². The van der Waals surface area contributed by atoms with E-state index >= 15 is 0 Å². The Morgan fingerprint density at radius 1 is 1.06 bits per heavy atom. The fourth-order valence-corrected chi connectivity index (χ4v) is 3.89. The number of morpholine rings is 1. The van der Waals surface area contributed by atoms with Crippen LogP contribution in [0.5, 0.6) is 11.5 Å². The summed E-state index contributed by atoms with van der Waals surface area (Å²) in [5, 5.41) is 16.2. The van der Waals surface area contributed by atoms with Crippen molar-refractivity contribution in [2.24, 2.45) is 0 Å². The first-order valence-corrected chi connectivity index (χ1v) is 10.9. The van der Waals surface area contributed by atoms with Crippen LogP contribution < -0.4 is 19.7 Å². The quantitative estimate of drug-likeness (QED) is 0.618. The molecule has 2 aromatic heterocycles. The summed E-state index contributed by atoms with van der Waals surface area (Å²) in [5.74, 6) is 2.91. The van der Waals surface area contributed by atoms with Crippen molar-refractivity contribution in [3.63, 3.8) is 0 Å². The molecule has 3 aromatic rings. The minimum absolute atomic E-state index is 0.0616. The highest BCUT2D eigenvalue weighted by molar-refractivity contribution is 5.76. The van der Waals surface area contributed by atoms with Gasteiger partial charge < -0.3 is 24.4 Å². The largest absolute Gasteiger partial charge is 0.486 e. The van der Waals surface area contributed by atoms with Gasteiger partial charge in [-0.3, -0.25) is 4.79 Å². The standard InChI is InChI=1S/C22H26N6O4/c1-15(16-2-3-17-18(14-16)32-13-12-31-17)23-22(29)7-6-20-25-24-19-4-5-21(26-28(19)20)27-8-10-30-11-9-27/h2-5,14-15H,6-13H2,1H3,(H,23,29)/t15-/m1/s1. The highest BCUT2D eigenvalue weighted by Crippen LogP contribution is 2.32. The van der Waals surface area contributed by atoms with E-state index in [4.69, 9.17) is 19.3 Å². The van der Waals surface area contributed by atoms with Crippen molar-refractivity contribution in [1.29, 1.82) is 0 Å². The lowest BCUT2D eigenvalue weighted by Crippen LogP contribution is -2.37. The summed E-state index contributed by atoms with van der Waals surface area (Å²) in [6.07, 6.45) is 0.736. The molecule has 1 atom stereocenters. The van der Waals surface area contributed by atoms with Crippen LogP contribution in [0.15, 0.2) is 30.3 Å². The number of nitrogens with one attached hydrogen (secondary N) is 1. The molecule has 0 spiro atoms. The van der Waals surface area contributed by atoms with Gasteiger partial charge in [0.25, 0.3) is 0 Å². The first-order chi connectivity index (χ1) is 15.7. The molecule has 2 aliphatic heterocycles. The number of rotatable bonds is 6. The molecular formula is C22H26N6O4. The van der Waals surface area contributed by atoms with E-state index < -0.39 is 0 Å². The smallest absolute Gasteiger partial charge is 0.220 e. The van der Waals surface area contributed by atoms with Crippen LogP contribution in [0.25, 0.3) is 5.65 Å². The average molecular weight is 438 g/mol. The van der Waals surface area contributed by atoms with Gasteiger partial charge in [0.15, 0.2) is 23.0 Å². The monoisotopic (exact) mass is 438 g/mol. The van der Waals surface area contributed by atoms with Crippen molar-refractivity contribution in [2.75, 3.05) is 44.4 Å². The van der Waals surface area contributed by atoms with Crippen molar-refractivity contribution in [3.8, 4) is 11.5 Å². The SMILES string of the molecule is C[C@@H](NC(=O)CCc1nnc2ccc(N3CCOCC3)nn12)c1ccc2c(c1)OCCO2. The first-order valence-electron chi connectivity index (χ1n) is 10.9. The molecule has 2 aliphatic rings. The molecule has 1 saturated heterocycles. The fourth-order valence-electron chi connectivity index (χ4n) is 3.89. The average Bonchev–Trinajstić information content (AvgIpc) is 3.25. The summed E-state index contributed by atoms with van der Waals surface area (Å²) in [5.41, 5.74) is 1.63. The molecule has 5 rings (SSSR count). The van der Waals surface area contributed by atoms with E-state index in [9.17, 15) is 4.79 Å². The summed E-state index contributed by atoms with van der Waals surface area (Å²) in [7, 11) is 0. The molecule has 10 nitrogen and oxygen atoms in total. The molecule has 0 unspecified atom stereocenters. The molecule has 168 valence electrons. The summed E-state index contributed by atoms with van der Waals surface area (Å²) in [6.45, 7) is 6.02. The lowest BCUT2D eigenvalue weighted by Gasteiger charge is -2.27. The molecular weight excluding hydrogens is 412 g/mol. The van der Waals surface area contributed by atoms with Crippen molar-refractivity contribution in [3.05, 3.63) is 41.7 Å². The lowest BCUT2D eigenvalue weighted by molar-refractivity contribution is -0.121. The van der Waals surface area contributed by atoms with Crippen LogP contribution in [0.3, 0.4) is 0 Å². The molecule has 1 aromatic carbocycles. The molecule has 0 aliphatic carbocycles. The maximum atomic E-state index is 12.6. The number of amides is 1. The van der Waals surface area contributed by atoms with E-state index in [2.05, 4.69) is 20.4 Å². The van der Waals surface area contributed by atoms with Crippen LogP contribution in [-0.4, -0.2) is 65.2 Å². The van der Waals surface area contributed by atoms with Crippen LogP contribution >= 0.6 is 0 Å². The van der Waals surface area contributed by atoms with Gasteiger partial charge in [-0.15, -0.1) is 15.3 Å². The number of hydrogen-bond donors (Lipinski definition) is 1. The third-order valence-corrected chi connectivity index (χ3v) is 5.67. The van der Waals surface area contributed by atoms with Crippen LogP contribution in [0.4, 0.5) is 5.82 Å². The highest BCUT2D eigenvalue weighted by atomic mass is 16.6. The zero-order chi connectivity index (χ0) is 21.9. The number of carbonyl (C=O) groups excluding carboxylic acids is 1. The van der Waals surface area contributed by atoms with Gasteiger partial charge in [-0.2, -0.15) is 4.52 Å². The minimum atomic E-state index is -0.153. The molecule has 0 saturated carbocycles. The molecule has 0 bridgehead atoms. The van der Waals surface area contributed by atoms with Crippen LogP contribution in [0.1, 0.15) is 30.8 Å². The van der Waals surface area contributed by atoms with Crippen LogP contribution in [0.2, 0.25) is 0 Å². The zero-order valence-corrected chi connectivity index (χ0v) is 18.0. The zero-order valence-electron chi connectivity index (χ0n) is 18.0. The third kappa shape index (κ3) is 4.31. The van der Waals surface area contributed by atoms with E-state index in [-0.39, 0.29) is 11.9 Å². The minimum Gasteiger partial charge on any atom is -0.486 e. The number of anilines is 1. The molecule has 0 radical (unpaired) electrons. The number of nitrogens with zero attached hydrogens (tertiary/aromatic N) is 5. The second kappa shape index (κ2) is 8.99. The molecule has 1 amide bonds. The van der Waals surface area contributed by atoms with E-state index in [0.717, 1.165) is 30.2 Å². The maximum absolute atomic E-state index is 12.6. The second-order valence-corrected chi connectivity index (χ2v) is 7.87. The number of benzene rings is 1. The predicted octanol–water partition coefficient (Wildman–Crippen LogP) is 1.54. The number of fused-ring (bicyclic) bond motifs is 2. The van der Waals surface area contributed by atoms with Gasteiger partial charge in [0.2, 0.25) is 5.91 Å². The summed E-state index contributed by atoms with van der Waals surface area (Å²) in [6, 6.07) is 9.44. The Morgan fingerprint density at radius 3 is 2.72 bits per heavy atom. The number of carbonyl (C=O) groups is 1. The summed E-state index contributed by atoms with van der Waals surface area (Å²) in [4.78, 5) is 14.8. The Hall–Kier alpha value is -3.40. The van der Waals surface area contributed by atoms with Gasteiger partial charge in [-0.1, -0.05) is 6.07 Å². The van der Waals surface area contributed by atoms with Gasteiger partial charge in [0.1, 0.15) is 19.0 Å². The molecule has 10 heteroatoms. The number of aromatic nitrogens is 4. The normalized spacial score (nSPS) is 16.7. The van der Waals surface area contributed by atoms with Crippen molar-refractivity contribution in [2.45, 2.75) is 25.8 Å². The molecule has 32 heavy (non-hydrogen) atoms. The Kier molecular flexibility index (Phi) is 5.76. The van der Waals surface area contributed by atoms with Gasteiger partial charge in [-0.05, 0) is 36.8 Å². The van der Waals surface area contributed by atoms with Crippen LogP contribution in [0, 0.1) is 0 Å². The van der Waals surface area contributed by atoms with E-state index in [1.807, 2.05) is 37.3 Å². The fraction of sp³-hybridized carbons (Fsp3) is 0.455. The molecule has 1 fully saturated rings. The van der Waals surface area contributed by atoms with Gasteiger partial charge in [0.05, 0.1) is 19.3 Å². The highest BCUT2D eigenvalue weighted by Gasteiger charge is 2.18. The third-order valence-electron chi connectivity index (χ3n) is 5.67. The number of ether oxygens (including phenoxy) is 3. The first kappa shape index (κ1) is 20.5. The Labute approximate surface area is 185 Å². The van der Waals surface area contributed by atoms with Crippen molar-refractivity contribution < 1.29 is 19.0 Å². The van der Waals surface area contributed by atoms with E-state index in [1.54, 1.807) is 4.52 Å². The van der Waals surface area contributed by atoms with Crippen molar-refractivity contribution in [1.82, 2.24) is 25.1 Å². The van der Waals surface area contributed by atoms with E-state index in [0.29, 0.717) is 56.5 Å². The summed E-state index contributed by atoms with van der Waals surface area (Å²) >= 11 is 0. The Bertz CT molecular complexity index is 1110. The second-order valence-electron chi connectivity index (χ2n) is 7.87. The maximum Gasteiger partial charge on any atom is 0.220 e. The van der Waals surface area contributed by atoms with Crippen molar-refractivity contribution >= 4 is 17.4 Å². The summed E-state index contributed by atoms with van der Waals surface area (Å²) < 4.78 is 18.3. The number of aryl methyl sites for hydroxylation is 1. The van der Waals surface area contributed by atoms with E-state index in [1.165, 1.54) is 0 Å². The van der Waals surface area contributed by atoms with Gasteiger partial charge in [-0.25, -0.2) is 0 Å². The number of hydrogen-bond acceptors (Lipinski definition) is 8. The lowest BCUT2D eigenvalue weighted by atomic mass is 10.1.